The fourth-order valence-corrected chi connectivity index (χ4v) is 6.77. The van der Waals surface area contributed by atoms with E-state index in [-0.39, 0.29) is 5.91 Å². The third kappa shape index (κ3) is 3.12. The van der Waals surface area contributed by atoms with Gasteiger partial charge in [-0.25, -0.2) is 8.78 Å². The van der Waals surface area contributed by atoms with Crippen molar-refractivity contribution in [1.29, 1.82) is 0 Å². The van der Waals surface area contributed by atoms with E-state index >= 15 is 0 Å². The molecule has 0 heterocycles. The van der Waals surface area contributed by atoms with Crippen LogP contribution in [0.25, 0.3) is 0 Å². The van der Waals surface area contributed by atoms with Gasteiger partial charge in [0.2, 0.25) is 5.91 Å². The molecule has 4 aliphatic carbocycles. The Hall–Kier alpha value is -1.10. The summed E-state index contributed by atoms with van der Waals surface area (Å²) in [6.07, 6.45) is 7.93. The second-order valence-corrected chi connectivity index (χ2v) is 9.01. The van der Waals surface area contributed by atoms with Crippen LogP contribution < -0.4 is 5.32 Å². The van der Waals surface area contributed by atoms with E-state index in [1.165, 1.54) is 44.6 Å². The van der Waals surface area contributed by atoms with E-state index in [9.17, 15) is 13.6 Å². The van der Waals surface area contributed by atoms with E-state index in [4.69, 9.17) is 0 Å². The van der Waals surface area contributed by atoms with Crippen LogP contribution in [0.15, 0.2) is 18.2 Å². The van der Waals surface area contributed by atoms with Gasteiger partial charge in [-0.3, -0.25) is 4.79 Å². The molecular formula is C18H21F2NOS. The number of carbonyl (C=O) groups excluding carboxylic acids is 1. The van der Waals surface area contributed by atoms with Gasteiger partial charge < -0.3 is 5.32 Å². The second-order valence-electron chi connectivity index (χ2n) is 7.57. The van der Waals surface area contributed by atoms with Crippen molar-refractivity contribution in [1.82, 2.24) is 0 Å². The van der Waals surface area contributed by atoms with E-state index in [2.05, 4.69) is 5.32 Å². The zero-order valence-electron chi connectivity index (χ0n) is 13.0. The van der Waals surface area contributed by atoms with Gasteiger partial charge in [-0.2, -0.15) is 0 Å². The molecule has 2 nitrogen and oxygen atoms in total. The fraction of sp³-hybridized carbons (Fsp3) is 0.611. The molecule has 0 unspecified atom stereocenters. The smallest absolute Gasteiger partial charge is 0.234 e. The molecule has 1 amide bonds. The highest BCUT2D eigenvalue weighted by Crippen LogP contribution is 2.60. The maximum Gasteiger partial charge on any atom is 0.234 e. The van der Waals surface area contributed by atoms with Gasteiger partial charge in [0.05, 0.1) is 5.75 Å². The summed E-state index contributed by atoms with van der Waals surface area (Å²) >= 11 is 1.79. The van der Waals surface area contributed by atoms with Crippen LogP contribution in [0, 0.1) is 29.4 Å². The Bertz CT molecular complexity index is 598. The highest BCUT2D eigenvalue weighted by molar-refractivity contribution is 8.01. The molecule has 0 aliphatic heterocycles. The summed E-state index contributed by atoms with van der Waals surface area (Å²) in [5, 5.41) is 2.68. The second kappa shape index (κ2) is 5.76. The van der Waals surface area contributed by atoms with Crippen molar-refractivity contribution in [2.45, 2.75) is 43.3 Å². The van der Waals surface area contributed by atoms with Crippen LogP contribution >= 0.6 is 11.8 Å². The molecule has 0 aromatic heterocycles. The third-order valence-electron chi connectivity index (χ3n) is 5.69. The van der Waals surface area contributed by atoms with Crippen molar-refractivity contribution in [3.63, 3.8) is 0 Å². The first-order valence-electron chi connectivity index (χ1n) is 8.40. The molecule has 0 radical (unpaired) electrons. The van der Waals surface area contributed by atoms with E-state index in [1.807, 2.05) is 0 Å². The number of benzene rings is 1. The van der Waals surface area contributed by atoms with E-state index in [1.54, 1.807) is 11.8 Å². The van der Waals surface area contributed by atoms with Crippen molar-refractivity contribution < 1.29 is 13.6 Å². The lowest BCUT2D eigenvalue weighted by Gasteiger charge is -2.56. The summed E-state index contributed by atoms with van der Waals surface area (Å²) in [4.78, 5) is 12.2. The molecule has 1 N–H and O–H groups in total. The van der Waals surface area contributed by atoms with Crippen LogP contribution in [-0.4, -0.2) is 16.4 Å². The number of hydrogen-bond donors (Lipinski definition) is 1. The van der Waals surface area contributed by atoms with Crippen molar-refractivity contribution in [2.75, 3.05) is 11.1 Å². The zero-order chi connectivity index (χ0) is 16.0. The zero-order valence-corrected chi connectivity index (χ0v) is 13.8. The molecule has 1 aromatic rings. The number of amides is 1. The third-order valence-corrected chi connectivity index (χ3v) is 7.21. The highest BCUT2D eigenvalue weighted by atomic mass is 32.2. The lowest BCUT2D eigenvalue weighted by molar-refractivity contribution is -0.113. The largest absolute Gasteiger partial charge is 0.325 e. The minimum Gasteiger partial charge on any atom is -0.325 e. The Balaban J connectivity index is 1.35. The summed E-state index contributed by atoms with van der Waals surface area (Å²) in [5.41, 5.74) is 0.319. The average molecular weight is 337 g/mol. The van der Waals surface area contributed by atoms with Crippen LogP contribution in [0.4, 0.5) is 14.5 Å². The standard InChI is InChI=1S/C18H21F2NOS/c19-15-2-1-14(6-16(15)20)21-17(22)10-23-18-7-11-3-12(8-18)5-13(4-11)9-18/h1-2,6,11-13H,3-5,7-10H2,(H,21,22). The van der Waals surface area contributed by atoms with Gasteiger partial charge in [0.25, 0.3) is 0 Å². The molecule has 23 heavy (non-hydrogen) atoms. The average Bonchev–Trinajstić information content (AvgIpc) is 2.48. The molecule has 0 saturated heterocycles. The summed E-state index contributed by atoms with van der Waals surface area (Å²) in [5.74, 6) is 1.03. The number of halogens is 2. The SMILES string of the molecule is O=C(CSC12CC3CC(CC(C3)C1)C2)Nc1ccc(F)c(F)c1. The Kier molecular flexibility index (Phi) is 3.87. The fourth-order valence-electron chi connectivity index (χ4n) is 5.20. The molecule has 4 aliphatic rings. The van der Waals surface area contributed by atoms with E-state index < -0.39 is 11.6 Å². The van der Waals surface area contributed by atoms with Gasteiger partial charge >= 0.3 is 0 Å². The minimum absolute atomic E-state index is 0.128. The number of nitrogens with one attached hydrogen (secondary N) is 1. The molecule has 5 rings (SSSR count). The topological polar surface area (TPSA) is 29.1 Å². The van der Waals surface area contributed by atoms with Gasteiger partial charge in [0.1, 0.15) is 0 Å². The number of hydrogen-bond acceptors (Lipinski definition) is 2. The Labute approximate surface area is 139 Å². The Morgan fingerprint density at radius 1 is 1.09 bits per heavy atom. The molecule has 1 aromatic carbocycles. The molecular weight excluding hydrogens is 316 g/mol. The lowest BCUT2D eigenvalue weighted by Crippen LogP contribution is -2.49. The van der Waals surface area contributed by atoms with Gasteiger partial charge in [-0.15, -0.1) is 11.8 Å². The number of anilines is 1. The van der Waals surface area contributed by atoms with Gasteiger partial charge in [0.15, 0.2) is 11.6 Å². The number of carbonyl (C=O) groups is 1. The normalized spacial score (nSPS) is 34.6. The first-order chi connectivity index (χ1) is 11.0. The van der Waals surface area contributed by atoms with Crippen LogP contribution in [0.3, 0.4) is 0 Å². The molecule has 4 bridgehead atoms. The summed E-state index contributed by atoms with van der Waals surface area (Å²) < 4.78 is 26.4. The van der Waals surface area contributed by atoms with Gasteiger partial charge in [0, 0.05) is 16.5 Å². The molecule has 124 valence electrons. The molecule has 4 fully saturated rings. The van der Waals surface area contributed by atoms with Crippen LogP contribution in [0.1, 0.15) is 38.5 Å². The predicted octanol–water partition coefficient (Wildman–Crippen LogP) is 4.61. The van der Waals surface area contributed by atoms with Crippen molar-refractivity contribution >= 4 is 23.4 Å². The summed E-state index contributed by atoms with van der Waals surface area (Å²) in [6, 6.07) is 3.46. The van der Waals surface area contributed by atoms with Crippen LogP contribution in [0.5, 0.6) is 0 Å². The highest BCUT2D eigenvalue weighted by Gasteiger charge is 2.51. The lowest BCUT2D eigenvalue weighted by atomic mass is 9.56. The number of rotatable bonds is 4. The first-order valence-corrected chi connectivity index (χ1v) is 9.39. The Morgan fingerprint density at radius 2 is 1.70 bits per heavy atom. The van der Waals surface area contributed by atoms with Crippen molar-refractivity contribution in [2.24, 2.45) is 17.8 Å². The number of thioether (sulfide) groups is 1. The van der Waals surface area contributed by atoms with E-state index in [0.29, 0.717) is 16.2 Å². The summed E-state index contributed by atoms with van der Waals surface area (Å²) in [6.45, 7) is 0. The molecule has 0 spiro atoms. The van der Waals surface area contributed by atoms with Crippen molar-refractivity contribution in [3.8, 4) is 0 Å². The van der Waals surface area contributed by atoms with Crippen LogP contribution in [0.2, 0.25) is 0 Å². The van der Waals surface area contributed by atoms with Gasteiger partial charge in [-0.05, 0) is 68.4 Å². The van der Waals surface area contributed by atoms with Crippen molar-refractivity contribution in [3.05, 3.63) is 29.8 Å². The quantitative estimate of drug-likeness (QED) is 0.869. The summed E-state index contributed by atoms with van der Waals surface area (Å²) in [7, 11) is 0. The van der Waals surface area contributed by atoms with Gasteiger partial charge in [-0.1, -0.05) is 0 Å². The predicted molar refractivity (Wildman–Crippen MR) is 88.3 cm³/mol. The Morgan fingerprint density at radius 3 is 2.26 bits per heavy atom. The molecule has 0 atom stereocenters. The molecule has 4 saturated carbocycles. The maximum atomic E-state index is 13.2. The monoisotopic (exact) mass is 337 g/mol. The minimum atomic E-state index is -0.934. The molecule has 5 heteroatoms. The van der Waals surface area contributed by atoms with E-state index in [0.717, 1.165) is 29.9 Å². The van der Waals surface area contributed by atoms with Crippen LogP contribution in [-0.2, 0) is 4.79 Å². The first kappa shape index (κ1) is 15.4. The maximum absolute atomic E-state index is 13.2.